The Bertz CT molecular complexity index is 907. The normalized spacial score (nSPS) is 11.0. The third-order valence-electron chi connectivity index (χ3n) is 3.53. The molecule has 0 radical (unpaired) electrons. The van der Waals surface area contributed by atoms with Crippen molar-refractivity contribution in [1.82, 2.24) is 0 Å². The number of ketones is 1. The van der Waals surface area contributed by atoms with E-state index in [0.29, 0.717) is 11.3 Å². The predicted molar refractivity (Wildman–Crippen MR) is 98.4 cm³/mol. The van der Waals surface area contributed by atoms with Gasteiger partial charge in [-0.3, -0.25) is 13.9 Å². The number of nitrogens with one attached hydrogen (secondary N) is 1. The zero-order chi connectivity index (χ0) is 18.6. The van der Waals surface area contributed by atoms with E-state index in [0.717, 1.165) is 16.1 Å². The summed E-state index contributed by atoms with van der Waals surface area (Å²) in [6.07, 6.45) is 1.02. The molecule has 0 fully saturated rings. The van der Waals surface area contributed by atoms with Crippen molar-refractivity contribution in [2.24, 2.45) is 0 Å². The lowest BCUT2D eigenvalue weighted by Gasteiger charge is -2.22. The summed E-state index contributed by atoms with van der Waals surface area (Å²) in [4.78, 5) is 23.8. The molecule has 2 aromatic carbocycles. The average molecular weight is 360 g/mol. The van der Waals surface area contributed by atoms with Crippen molar-refractivity contribution in [3.8, 4) is 0 Å². The summed E-state index contributed by atoms with van der Waals surface area (Å²) in [5.74, 6) is -0.649. The fraction of sp³-hybridized carbons (Fsp3) is 0.222. The van der Waals surface area contributed by atoms with Gasteiger partial charge in [-0.1, -0.05) is 24.3 Å². The molecule has 0 heterocycles. The van der Waals surface area contributed by atoms with Crippen LogP contribution in [0.15, 0.2) is 48.5 Å². The van der Waals surface area contributed by atoms with Crippen molar-refractivity contribution >= 4 is 33.1 Å². The summed E-state index contributed by atoms with van der Waals surface area (Å²) in [7, 11) is -3.69. The van der Waals surface area contributed by atoms with E-state index < -0.39 is 15.9 Å². The van der Waals surface area contributed by atoms with Crippen LogP contribution in [0.3, 0.4) is 0 Å². The van der Waals surface area contributed by atoms with Crippen LogP contribution >= 0.6 is 0 Å². The van der Waals surface area contributed by atoms with Gasteiger partial charge in [-0.15, -0.1) is 0 Å². The summed E-state index contributed by atoms with van der Waals surface area (Å²) < 4.78 is 25.2. The Labute approximate surface area is 147 Å². The van der Waals surface area contributed by atoms with E-state index in [1.165, 1.54) is 13.0 Å². The van der Waals surface area contributed by atoms with E-state index in [2.05, 4.69) is 5.32 Å². The first-order valence-electron chi connectivity index (χ1n) is 7.62. The van der Waals surface area contributed by atoms with Gasteiger partial charge in [0, 0.05) is 11.3 Å². The summed E-state index contributed by atoms with van der Waals surface area (Å²) in [5.41, 5.74) is 2.22. The molecular formula is C18H20N2O4S. The molecule has 2 aromatic rings. The molecule has 0 spiro atoms. The highest BCUT2D eigenvalue weighted by atomic mass is 32.2. The van der Waals surface area contributed by atoms with Gasteiger partial charge >= 0.3 is 0 Å². The summed E-state index contributed by atoms with van der Waals surface area (Å²) in [6, 6.07) is 13.4. The number of Topliss-reactive ketones (excluding diaryl/α,β-unsaturated/α-hetero) is 1. The summed E-state index contributed by atoms with van der Waals surface area (Å²) >= 11 is 0. The molecule has 2 rings (SSSR count). The van der Waals surface area contributed by atoms with Gasteiger partial charge in [-0.05, 0) is 43.7 Å². The highest BCUT2D eigenvalue weighted by molar-refractivity contribution is 7.92. The van der Waals surface area contributed by atoms with Crippen LogP contribution in [0.2, 0.25) is 0 Å². The zero-order valence-corrected chi connectivity index (χ0v) is 15.1. The van der Waals surface area contributed by atoms with Gasteiger partial charge in [0.25, 0.3) is 0 Å². The molecular weight excluding hydrogens is 340 g/mol. The molecule has 0 saturated carbocycles. The van der Waals surface area contributed by atoms with Gasteiger partial charge < -0.3 is 5.32 Å². The number of anilines is 2. The SMILES string of the molecule is CC(=O)c1cccc(N(CC(=O)Nc2cccc(C)c2)S(C)(=O)=O)c1. The summed E-state index contributed by atoms with van der Waals surface area (Å²) in [5, 5.41) is 2.68. The van der Waals surface area contributed by atoms with Crippen molar-refractivity contribution in [1.29, 1.82) is 0 Å². The minimum absolute atomic E-state index is 0.181. The Kier molecular flexibility index (Phi) is 5.58. The Balaban J connectivity index is 2.25. The van der Waals surface area contributed by atoms with Crippen LogP contribution in [0.5, 0.6) is 0 Å². The Morgan fingerprint density at radius 2 is 1.76 bits per heavy atom. The third kappa shape index (κ3) is 5.15. The molecule has 1 amide bonds. The number of hydrogen-bond acceptors (Lipinski definition) is 4. The minimum Gasteiger partial charge on any atom is -0.325 e. The fourth-order valence-corrected chi connectivity index (χ4v) is 3.18. The van der Waals surface area contributed by atoms with Crippen molar-refractivity contribution in [3.63, 3.8) is 0 Å². The van der Waals surface area contributed by atoms with Crippen molar-refractivity contribution in [2.75, 3.05) is 22.4 Å². The van der Waals surface area contributed by atoms with Crippen molar-refractivity contribution < 1.29 is 18.0 Å². The number of nitrogens with zero attached hydrogens (tertiary/aromatic N) is 1. The number of amides is 1. The van der Waals surface area contributed by atoms with E-state index in [4.69, 9.17) is 0 Å². The van der Waals surface area contributed by atoms with E-state index in [-0.39, 0.29) is 18.0 Å². The Morgan fingerprint density at radius 1 is 1.08 bits per heavy atom. The first-order chi connectivity index (χ1) is 11.7. The first kappa shape index (κ1) is 18.7. The Hall–Kier alpha value is -2.67. The molecule has 0 aliphatic heterocycles. The molecule has 0 aromatic heterocycles. The highest BCUT2D eigenvalue weighted by Crippen LogP contribution is 2.20. The number of sulfonamides is 1. The lowest BCUT2D eigenvalue weighted by molar-refractivity contribution is -0.114. The van der Waals surface area contributed by atoms with Gasteiger partial charge in [-0.25, -0.2) is 8.42 Å². The number of carbonyl (C=O) groups is 2. The minimum atomic E-state index is -3.69. The molecule has 0 bridgehead atoms. The maximum atomic E-state index is 12.3. The predicted octanol–water partition coefficient (Wildman–Crippen LogP) is 2.60. The molecule has 0 aliphatic rings. The van der Waals surface area contributed by atoms with Crippen LogP contribution in [-0.4, -0.2) is 32.9 Å². The molecule has 25 heavy (non-hydrogen) atoms. The highest BCUT2D eigenvalue weighted by Gasteiger charge is 2.21. The average Bonchev–Trinajstić information content (AvgIpc) is 2.51. The third-order valence-corrected chi connectivity index (χ3v) is 4.67. The fourth-order valence-electron chi connectivity index (χ4n) is 2.33. The van der Waals surface area contributed by atoms with Crippen LogP contribution < -0.4 is 9.62 Å². The van der Waals surface area contributed by atoms with Crippen molar-refractivity contribution in [3.05, 3.63) is 59.7 Å². The Morgan fingerprint density at radius 3 is 2.36 bits per heavy atom. The number of benzene rings is 2. The maximum absolute atomic E-state index is 12.3. The summed E-state index contributed by atoms with van der Waals surface area (Å²) in [6.45, 7) is 2.91. The van der Waals surface area contributed by atoms with E-state index in [9.17, 15) is 18.0 Å². The second-order valence-corrected chi connectivity index (χ2v) is 7.70. The molecule has 0 atom stereocenters. The first-order valence-corrected chi connectivity index (χ1v) is 9.47. The second kappa shape index (κ2) is 7.48. The molecule has 7 heteroatoms. The molecule has 0 aliphatic carbocycles. The quantitative estimate of drug-likeness (QED) is 0.803. The van der Waals surface area contributed by atoms with Crippen LogP contribution in [0.1, 0.15) is 22.8 Å². The standard InChI is InChI=1S/C18H20N2O4S/c1-13-6-4-8-16(10-13)19-18(22)12-20(25(3,23)24)17-9-5-7-15(11-17)14(2)21/h4-11H,12H2,1-3H3,(H,19,22). The van der Waals surface area contributed by atoms with Crippen LogP contribution in [0.25, 0.3) is 0 Å². The van der Waals surface area contributed by atoms with Gasteiger partial charge in [0.1, 0.15) is 6.54 Å². The lowest BCUT2D eigenvalue weighted by atomic mass is 10.1. The largest absolute Gasteiger partial charge is 0.325 e. The van der Waals surface area contributed by atoms with Crippen LogP contribution in [0, 0.1) is 6.92 Å². The monoisotopic (exact) mass is 360 g/mol. The van der Waals surface area contributed by atoms with Gasteiger partial charge in [0.2, 0.25) is 15.9 Å². The smallest absolute Gasteiger partial charge is 0.245 e. The molecule has 0 unspecified atom stereocenters. The second-order valence-electron chi connectivity index (χ2n) is 5.79. The number of hydrogen-bond donors (Lipinski definition) is 1. The van der Waals surface area contributed by atoms with Gasteiger partial charge in [0.15, 0.2) is 5.78 Å². The van der Waals surface area contributed by atoms with E-state index in [1.807, 2.05) is 13.0 Å². The van der Waals surface area contributed by atoms with E-state index >= 15 is 0 Å². The van der Waals surface area contributed by atoms with Crippen LogP contribution in [-0.2, 0) is 14.8 Å². The zero-order valence-electron chi connectivity index (χ0n) is 14.3. The van der Waals surface area contributed by atoms with Gasteiger partial charge in [-0.2, -0.15) is 0 Å². The lowest BCUT2D eigenvalue weighted by Crippen LogP contribution is -2.37. The number of carbonyl (C=O) groups excluding carboxylic acids is 2. The topological polar surface area (TPSA) is 83.6 Å². The number of rotatable bonds is 6. The molecule has 6 nitrogen and oxygen atoms in total. The van der Waals surface area contributed by atoms with Crippen LogP contribution in [0.4, 0.5) is 11.4 Å². The number of aryl methyl sites for hydroxylation is 1. The van der Waals surface area contributed by atoms with Gasteiger partial charge in [0.05, 0.1) is 11.9 Å². The molecule has 0 saturated heterocycles. The maximum Gasteiger partial charge on any atom is 0.245 e. The van der Waals surface area contributed by atoms with E-state index in [1.54, 1.807) is 36.4 Å². The molecule has 1 N–H and O–H groups in total. The van der Waals surface area contributed by atoms with Crippen molar-refractivity contribution in [2.45, 2.75) is 13.8 Å². The molecule has 132 valence electrons.